The molecule has 4 aromatic rings. The minimum absolute atomic E-state index is 0.0879. The number of hydrogen-bond acceptors (Lipinski definition) is 4. The molecule has 2 aliphatic carbocycles. The number of hydrogen-bond donors (Lipinski definition) is 0. The van der Waals surface area contributed by atoms with Crippen LogP contribution in [0.3, 0.4) is 0 Å². The van der Waals surface area contributed by atoms with E-state index in [1.165, 1.54) is 5.57 Å². The summed E-state index contributed by atoms with van der Waals surface area (Å²) in [4.78, 5) is 13.4. The molecule has 0 saturated heterocycles. The van der Waals surface area contributed by atoms with Crippen molar-refractivity contribution in [2.75, 3.05) is 0 Å². The van der Waals surface area contributed by atoms with Crippen molar-refractivity contribution < 1.29 is 18.6 Å². The summed E-state index contributed by atoms with van der Waals surface area (Å²) < 4.78 is 26.6. The van der Waals surface area contributed by atoms with Crippen LogP contribution >= 0.6 is 7.37 Å². The Morgan fingerprint density at radius 3 is 2.25 bits per heavy atom. The highest BCUT2D eigenvalue weighted by molar-refractivity contribution is 7.66. The van der Waals surface area contributed by atoms with Gasteiger partial charge in [-0.2, -0.15) is 0 Å². The first-order valence-electron chi connectivity index (χ1n) is 15.5. The standard InChI is InChI=1S/C39H35O4P/c40-39(42-33-13-5-2-6-14-33)38(31-11-3-1-4-12-31)32-25-23-30(24-26-32)29-21-19-28(20-22-29)27-44(41)37-18-10-8-16-35(37)34-15-7-9-17-36(34)43-44/h1,3-5,8,10-16,18-26,36,38H,2,6-7,9,17,27H2. The van der Waals surface area contributed by atoms with Crippen LogP contribution in [0.2, 0.25) is 0 Å². The van der Waals surface area contributed by atoms with Gasteiger partial charge in [-0.1, -0.05) is 109 Å². The van der Waals surface area contributed by atoms with Gasteiger partial charge in [0.05, 0.1) is 12.3 Å². The van der Waals surface area contributed by atoms with Gasteiger partial charge in [0, 0.05) is 5.30 Å². The zero-order valence-electron chi connectivity index (χ0n) is 24.6. The second-order valence-corrected chi connectivity index (χ2v) is 14.1. The van der Waals surface area contributed by atoms with Crippen molar-refractivity contribution in [1.29, 1.82) is 0 Å². The largest absolute Gasteiger partial charge is 0.426 e. The average molecular weight is 599 g/mol. The molecule has 0 spiro atoms. The maximum atomic E-state index is 14.3. The Labute approximate surface area is 259 Å². The number of ether oxygens (including phenoxy) is 1. The van der Waals surface area contributed by atoms with Gasteiger partial charge in [0.2, 0.25) is 7.37 Å². The molecule has 220 valence electrons. The summed E-state index contributed by atoms with van der Waals surface area (Å²) in [6.45, 7) is 0. The molecule has 0 amide bonds. The molecule has 5 heteroatoms. The van der Waals surface area contributed by atoms with E-state index in [4.69, 9.17) is 9.26 Å². The number of fused-ring (bicyclic) bond motifs is 3. The highest BCUT2D eigenvalue weighted by atomic mass is 31.2. The Hall–Kier alpha value is -4.24. The predicted molar refractivity (Wildman–Crippen MR) is 177 cm³/mol. The molecule has 3 unspecified atom stereocenters. The van der Waals surface area contributed by atoms with Crippen LogP contribution in [0.4, 0.5) is 0 Å². The Morgan fingerprint density at radius 1 is 0.795 bits per heavy atom. The van der Waals surface area contributed by atoms with Crippen LogP contribution in [-0.4, -0.2) is 12.1 Å². The second kappa shape index (κ2) is 12.4. The molecule has 0 radical (unpaired) electrons. The number of benzene rings is 4. The number of allylic oxidation sites excluding steroid dienone is 4. The van der Waals surface area contributed by atoms with E-state index >= 15 is 0 Å². The Kier molecular flexibility index (Phi) is 8.04. The zero-order chi connectivity index (χ0) is 29.9. The van der Waals surface area contributed by atoms with Crippen LogP contribution in [0.5, 0.6) is 0 Å². The highest BCUT2D eigenvalue weighted by Gasteiger charge is 2.40. The first-order valence-corrected chi connectivity index (χ1v) is 17.3. The van der Waals surface area contributed by atoms with Crippen LogP contribution in [0.15, 0.2) is 133 Å². The highest BCUT2D eigenvalue weighted by Crippen LogP contribution is 2.57. The van der Waals surface area contributed by atoms with E-state index in [-0.39, 0.29) is 12.1 Å². The molecular weight excluding hydrogens is 563 g/mol. The third kappa shape index (κ3) is 5.80. The minimum Gasteiger partial charge on any atom is -0.426 e. The molecule has 0 saturated carbocycles. The molecule has 7 rings (SSSR count). The van der Waals surface area contributed by atoms with Crippen molar-refractivity contribution >= 4 is 24.2 Å². The molecule has 3 aliphatic rings. The van der Waals surface area contributed by atoms with Crippen LogP contribution in [0, 0.1) is 0 Å². The van der Waals surface area contributed by atoms with Crippen LogP contribution in [-0.2, 0) is 24.8 Å². The van der Waals surface area contributed by atoms with E-state index in [1.54, 1.807) is 0 Å². The molecule has 44 heavy (non-hydrogen) atoms. The van der Waals surface area contributed by atoms with Crippen molar-refractivity contribution in [2.24, 2.45) is 0 Å². The summed E-state index contributed by atoms with van der Waals surface area (Å²) in [5.41, 5.74) is 7.15. The summed E-state index contributed by atoms with van der Waals surface area (Å²) in [6, 6.07) is 34.2. The summed E-state index contributed by atoms with van der Waals surface area (Å²) in [7, 11) is -3.06. The monoisotopic (exact) mass is 598 g/mol. The second-order valence-electron chi connectivity index (χ2n) is 11.7. The minimum atomic E-state index is -3.06. The first kappa shape index (κ1) is 28.5. The van der Waals surface area contributed by atoms with Crippen LogP contribution in [0.1, 0.15) is 60.3 Å². The van der Waals surface area contributed by atoms with E-state index in [0.717, 1.165) is 70.8 Å². The van der Waals surface area contributed by atoms with Crippen LogP contribution < -0.4 is 5.30 Å². The Morgan fingerprint density at radius 2 is 1.50 bits per heavy atom. The van der Waals surface area contributed by atoms with Gasteiger partial charge in [-0.3, -0.25) is 9.36 Å². The quantitative estimate of drug-likeness (QED) is 0.157. The van der Waals surface area contributed by atoms with Gasteiger partial charge in [0.1, 0.15) is 11.7 Å². The first-order chi connectivity index (χ1) is 21.6. The van der Waals surface area contributed by atoms with E-state index in [0.29, 0.717) is 11.9 Å². The summed E-state index contributed by atoms with van der Waals surface area (Å²) in [5.74, 6) is -0.207. The smallest absolute Gasteiger partial charge is 0.323 e. The van der Waals surface area contributed by atoms with Crippen molar-refractivity contribution in [3.8, 4) is 11.1 Å². The molecular formula is C39H35O4P. The van der Waals surface area contributed by atoms with E-state index < -0.39 is 13.3 Å². The Bertz CT molecular complexity index is 1800. The third-order valence-corrected chi connectivity index (χ3v) is 11.2. The number of rotatable bonds is 7. The van der Waals surface area contributed by atoms with Gasteiger partial charge >= 0.3 is 5.97 Å². The van der Waals surface area contributed by atoms with Crippen molar-refractivity contribution in [3.05, 3.63) is 155 Å². The molecule has 3 atom stereocenters. The maximum absolute atomic E-state index is 14.3. The topological polar surface area (TPSA) is 52.6 Å². The third-order valence-electron chi connectivity index (χ3n) is 8.73. The fourth-order valence-corrected chi connectivity index (χ4v) is 9.07. The lowest BCUT2D eigenvalue weighted by atomic mass is 9.90. The van der Waals surface area contributed by atoms with Crippen molar-refractivity contribution in [2.45, 2.75) is 50.3 Å². The van der Waals surface area contributed by atoms with E-state index in [2.05, 4.69) is 36.4 Å². The van der Waals surface area contributed by atoms with Gasteiger partial charge in [-0.25, -0.2) is 0 Å². The zero-order valence-corrected chi connectivity index (χ0v) is 25.5. The molecule has 1 aliphatic heterocycles. The van der Waals surface area contributed by atoms with E-state index in [1.807, 2.05) is 91.0 Å². The maximum Gasteiger partial charge on any atom is 0.323 e. The van der Waals surface area contributed by atoms with Crippen molar-refractivity contribution in [1.82, 2.24) is 0 Å². The predicted octanol–water partition coefficient (Wildman–Crippen LogP) is 9.33. The Balaban J connectivity index is 1.11. The number of esters is 1. The number of carbonyl (C=O) groups excluding carboxylic acids is 1. The van der Waals surface area contributed by atoms with Gasteiger partial charge in [0.15, 0.2) is 0 Å². The lowest BCUT2D eigenvalue weighted by molar-refractivity contribution is -0.139. The van der Waals surface area contributed by atoms with Gasteiger partial charge < -0.3 is 9.26 Å². The normalized spacial score (nSPS) is 21.3. The molecule has 0 aromatic heterocycles. The molecule has 4 aromatic carbocycles. The lowest BCUT2D eigenvalue weighted by Gasteiger charge is -2.36. The van der Waals surface area contributed by atoms with Crippen molar-refractivity contribution in [3.63, 3.8) is 0 Å². The van der Waals surface area contributed by atoms with Gasteiger partial charge in [-0.05, 0) is 89.3 Å². The molecule has 0 bridgehead atoms. The van der Waals surface area contributed by atoms with Gasteiger partial charge in [0.25, 0.3) is 0 Å². The lowest BCUT2D eigenvalue weighted by Crippen LogP contribution is -2.29. The molecule has 4 nitrogen and oxygen atoms in total. The van der Waals surface area contributed by atoms with Gasteiger partial charge in [-0.15, -0.1) is 0 Å². The SMILES string of the molecule is O=C(OC1=CCCC=C1)C(c1ccccc1)c1ccc(-c2ccc(CP3(=O)OC4CCCC=C4c4ccccc43)cc2)cc1. The number of carbonyl (C=O) groups is 1. The average Bonchev–Trinajstić information content (AvgIpc) is 3.07. The molecule has 0 fully saturated rings. The molecule has 0 N–H and O–H groups in total. The fraction of sp³-hybridized carbons (Fsp3) is 0.205. The van der Waals surface area contributed by atoms with E-state index in [9.17, 15) is 9.36 Å². The summed E-state index contributed by atoms with van der Waals surface area (Å²) >= 11 is 0. The summed E-state index contributed by atoms with van der Waals surface area (Å²) in [6.07, 6.45) is 13.3. The fourth-order valence-electron chi connectivity index (χ4n) is 6.50. The summed E-state index contributed by atoms with van der Waals surface area (Å²) in [5, 5.41) is 0.839. The molecule has 1 heterocycles. The van der Waals surface area contributed by atoms with Crippen LogP contribution in [0.25, 0.3) is 16.7 Å².